The molecule has 0 bridgehead atoms. The van der Waals surface area contributed by atoms with Gasteiger partial charge in [0.25, 0.3) is 5.69 Å². The SMILES string of the molecule is CC(C)(C)c1ccc(/C=C2\CCCc3c2nc2ccccc2c3C(=O)OCc2ccc([N+](=O)[O-])cc2)cc1. The van der Waals surface area contributed by atoms with Gasteiger partial charge in [-0.2, -0.15) is 0 Å². The number of rotatable bonds is 5. The van der Waals surface area contributed by atoms with Crippen molar-refractivity contribution in [3.63, 3.8) is 0 Å². The second-order valence-electron chi connectivity index (χ2n) is 10.7. The number of carbonyl (C=O) groups excluding carboxylic acids is 1. The Bertz CT molecular complexity index is 1550. The summed E-state index contributed by atoms with van der Waals surface area (Å²) in [4.78, 5) is 29.0. The van der Waals surface area contributed by atoms with Gasteiger partial charge in [-0.1, -0.05) is 63.2 Å². The summed E-state index contributed by atoms with van der Waals surface area (Å²) in [6.45, 7) is 6.64. The molecule has 0 radical (unpaired) electrons. The smallest absolute Gasteiger partial charge is 0.339 e. The van der Waals surface area contributed by atoms with Crippen LogP contribution in [0.15, 0.2) is 72.8 Å². The van der Waals surface area contributed by atoms with E-state index < -0.39 is 10.9 Å². The number of fused-ring (bicyclic) bond motifs is 2. The molecule has 0 unspecified atom stereocenters. The van der Waals surface area contributed by atoms with E-state index in [9.17, 15) is 14.9 Å². The highest BCUT2D eigenvalue weighted by Crippen LogP contribution is 2.37. The van der Waals surface area contributed by atoms with Crippen molar-refractivity contribution in [3.05, 3.63) is 116 Å². The number of hydrogen-bond acceptors (Lipinski definition) is 5. The van der Waals surface area contributed by atoms with Crippen LogP contribution >= 0.6 is 0 Å². The summed E-state index contributed by atoms with van der Waals surface area (Å²) in [5, 5.41) is 11.7. The Balaban J connectivity index is 1.50. The van der Waals surface area contributed by atoms with E-state index in [2.05, 4.69) is 51.1 Å². The summed E-state index contributed by atoms with van der Waals surface area (Å²) in [6.07, 6.45) is 4.73. The summed E-state index contributed by atoms with van der Waals surface area (Å²) in [5.41, 5.74) is 7.38. The Labute approximate surface area is 222 Å². The number of ether oxygens (including phenoxy) is 1. The van der Waals surface area contributed by atoms with Gasteiger partial charge in [-0.25, -0.2) is 9.78 Å². The van der Waals surface area contributed by atoms with Gasteiger partial charge >= 0.3 is 5.97 Å². The molecule has 0 saturated carbocycles. The highest BCUT2D eigenvalue weighted by molar-refractivity contribution is 6.06. The summed E-state index contributed by atoms with van der Waals surface area (Å²) in [7, 11) is 0. The predicted molar refractivity (Wildman–Crippen MR) is 150 cm³/mol. The van der Waals surface area contributed by atoms with Crippen LogP contribution < -0.4 is 0 Å². The number of benzene rings is 3. The molecule has 1 aliphatic carbocycles. The van der Waals surface area contributed by atoms with Crippen molar-refractivity contribution >= 4 is 34.2 Å². The Morgan fingerprint density at radius 1 is 1.00 bits per heavy atom. The normalized spacial score (nSPS) is 14.3. The van der Waals surface area contributed by atoms with E-state index in [1.807, 2.05) is 24.3 Å². The van der Waals surface area contributed by atoms with Gasteiger partial charge in [0.2, 0.25) is 0 Å². The average Bonchev–Trinajstić information content (AvgIpc) is 2.90. The van der Waals surface area contributed by atoms with Gasteiger partial charge in [-0.3, -0.25) is 10.1 Å². The number of aromatic nitrogens is 1. The molecular formula is C32H30N2O4. The van der Waals surface area contributed by atoms with Gasteiger partial charge in [0.05, 0.1) is 21.7 Å². The van der Waals surface area contributed by atoms with Crippen LogP contribution in [0.1, 0.15) is 71.9 Å². The van der Waals surface area contributed by atoms with Gasteiger partial charge in [0, 0.05) is 17.5 Å². The highest BCUT2D eigenvalue weighted by atomic mass is 16.6. The first-order chi connectivity index (χ1) is 18.2. The lowest BCUT2D eigenvalue weighted by Gasteiger charge is -2.23. The maximum absolute atomic E-state index is 13.5. The molecule has 0 aliphatic heterocycles. The molecule has 38 heavy (non-hydrogen) atoms. The minimum Gasteiger partial charge on any atom is -0.457 e. The number of esters is 1. The van der Waals surface area contributed by atoms with Crippen molar-refractivity contribution in [2.24, 2.45) is 0 Å². The molecule has 0 spiro atoms. The zero-order chi connectivity index (χ0) is 26.9. The quantitative estimate of drug-likeness (QED) is 0.158. The summed E-state index contributed by atoms with van der Waals surface area (Å²) >= 11 is 0. The van der Waals surface area contributed by atoms with Crippen molar-refractivity contribution in [1.29, 1.82) is 0 Å². The minimum absolute atomic E-state index is 0.00152. The van der Waals surface area contributed by atoms with Crippen LogP contribution in [0.3, 0.4) is 0 Å². The van der Waals surface area contributed by atoms with E-state index in [4.69, 9.17) is 9.72 Å². The standard InChI is InChI=1S/C32H30N2O4/c1-32(2,3)24-15-11-21(12-16-24)19-23-7-6-9-27-29(26-8-4-5-10-28(26)33-30(23)27)31(35)38-20-22-13-17-25(18-14-22)34(36)37/h4-5,8,10-19H,6-7,9,20H2,1-3H3/b23-19+. The van der Waals surface area contributed by atoms with Gasteiger partial charge in [-0.15, -0.1) is 0 Å². The van der Waals surface area contributed by atoms with Gasteiger partial charge in [0.15, 0.2) is 0 Å². The fourth-order valence-electron chi connectivity index (χ4n) is 4.92. The number of nitrogens with zero attached hydrogens (tertiary/aromatic N) is 2. The first-order valence-corrected chi connectivity index (χ1v) is 12.8. The molecule has 1 aliphatic rings. The minimum atomic E-state index is -0.449. The maximum atomic E-state index is 13.5. The van der Waals surface area contributed by atoms with Gasteiger partial charge < -0.3 is 4.74 Å². The first-order valence-electron chi connectivity index (χ1n) is 12.8. The molecule has 0 saturated heterocycles. The van der Waals surface area contributed by atoms with Crippen LogP contribution in [0.5, 0.6) is 0 Å². The molecule has 0 N–H and O–H groups in total. The van der Waals surface area contributed by atoms with Crippen molar-refractivity contribution in [2.45, 2.75) is 52.1 Å². The van der Waals surface area contributed by atoms with E-state index in [-0.39, 0.29) is 17.7 Å². The molecule has 1 heterocycles. The molecule has 192 valence electrons. The maximum Gasteiger partial charge on any atom is 0.339 e. The summed E-state index contributed by atoms with van der Waals surface area (Å²) in [6, 6.07) is 22.3. The molecule has 4 aromatic rings. The van der Waals surface area contributed by atoms with Gasteiger partial charge in [0.1, 0.15) is 6.61 Å². The van der Waals surface area contributed by atoms with E-state index in [0.29, 0.717) is 11.1 Å². The molecule has 6 heteroatoms. The van der Waals surface area contributed by atoms with Crippen molar-refractivity contribution < 1.29 is 14.5 Å². The molecule has 6 nitrogen and oxygen atoms in total. The fourth-order valence-corrected chi connectivity index (χ4v) is 4.92. The third-order valence-electron chi connectivity index (χ3n) is 7.01. The number of nitro benzene ring substituents is 1. The Hall–Kier alpha value is -4.32. The summed E-state index contributed by atoms with van der Waals surface area (Å²) < 4.78 is 5.73. The Morgan fingerprint density at radius 2 is 1.71 bits per heavy atom. The predicted octanol–water partition coefficient (Wildman–Crippen LogP) is 7.67. The second-order valence-corrected chi connectivity index (χ2v) is 10.7. The molecular weight excluding hydrogens is 476 g/mol. The van der Waals surface area contributed by atoms with E-state index in [1.54, 1.807) is 12.1 Å². The second kappa shape index (κ2) is 10.2. The van der Waals surface area contributed by atoms with E-state index in [1.165, 1.54) is 17.7 Å². The monoisotopic (exact) mass is 506 g/mol. The topological polar surface area (TPSA) is 82.3 Å². The molecule has 1 aromatic heterocycles. The van der Waals surface area contributed by atoms with Crippen LogP contribution in [-0.4, -0.2) is 15.9 Å². The number of para-hydroxylation sites is 1. The van der Waals surface area contributed by atoms with Crippen molar-refractivity contribution in [1.82, 2.24) is 4.98 Å². The lowest BCUT2D eigenvalue weighted by Crippen LogP contribution is -2.15. The van der Waals surface area contributed by atoms with Crippen LogP contribution in [0.4, 0.5) is 5.69 Å². The lowest BCUT2D eigenvalue weighted by atomic mass is 9.85. The number of non-ortho nitro benzene ring substituents is 1. The molecule has 0 fully saturated rings. The lowest BCUT2D eigenvalue weighted by molar-refractivity contribution is -0.384. The largest absolute Gasteiger partial charge is 0.457 e. The van der Waals surface area contributed by atoms with Crippen LogP contribution in [0.25, 0.3) is 22.6 Å². The summed E-state index contributed by atoms with van der Waals surface area (Å²) in [5.74, 6) is -0.408. The third-order valence-corrected chi connectivity index (χ3v) is 7.01. The molecule has 3 aromatic carbocycles. The number of nitro groups is 1. The zero-order valence-corrected chi connectivity index (χ0v) is 21.9. The number of carbonyl (C=O) groups is 1. The van der Waals surface area contributed by atoms with E-state index >= 15 is 0 Å². The molecule has 5 rings (SSSR count). The number of hydrogen-bond donors (Lipinski definition) is 0. The molecule has 0 atom stereocenters. The van der Waals surface area contributed by atoms with Crippen molar-refractivity contribution in [3.8, 4) is 0 Å². The van der Waals surface area contributed by atoms with Gasteiger partial charge in [-0.05, 0) is 76.8 Å². The fraction of sp³-hybridized carbons (Fsp3) is 0.250. The van der Waals surface area contributed by atoms with Crippen LogP contribution in [0, 0.1) is 10.1 Å². The zero-order valence-electron chi connectivity index (χ0n) is 21.9. The number of pyridine rings is 1. The average molecular weight is 507 g/mol. The Kier molecular flexibility index (Phi) is 6.81. The number of allylic oxidation sites excluding steroid dienone is 1. The third kappa shape index (κ3) is 5.21. The van der Waals surface area contributed by atoms with Crippen LogP contribution in [0.2, 0.25) is 0 Å². The first kappa shape index (κ1) is 25.3. The van der Waals surface area contributed by atoms with Crippen molar-refractivity contribution in [2.75, 3.05) is 0 Å². The van der Waals surface area contributed by atoms with E-state index in [0.717, 1.165) is 52.6 Å². The Morgan fingerprint density at radius 3 is 2.39 bits per heavy atom. The highest BCUT2D eigenvalue weighted by Gasteiger charge is 2.26. The molecule has 0 amide bonds. The van der Waals surface area contributed by atoms with Crippen LogP contribution in [-0.2, 0) is 23.2 Å².